The summed E-state index contributed by atoms with van der Waals surface area (Å²) < 4.78 is 0. The van der Waals surface area contributed by atoms with E-state index >= 15 is 0 Å². The highest BCUT2D eigenvalue weighted by atomic mass is 32.2. The Morgan fingerprint density at radius 1 is 1.30 bits per heavy atom. The zero-order valence-corrected chi connectivity index (χ0v) is 12.7. The van der Waals surface area contributed by atoms with Crippen molar-refractivity contribution in [2.45, 2.75) is 36.2 Å². The van der Waals surface area contributed by atoms with Gasteiger partial charge in [-0.1, -0.05) is 18.2 Å². The van der Waals surface area contributed by atoms with Crippen molar-refractivity contribution >= 4 is 11.8 Å². The number of benzene rings is 1. The number of rotatable bonds is 5. The Morgan fingerprint density at radius 2 is 2.20 bits per heavy atom. The Balaban J connectivity index is 1.76. The molecular formula is C16H24N2OS. The zero-order valence-electron chi connectivity index (χ0n) is 11.9. The molecule has 2 atom stereocenters. The minimum Gasteiger partial charge on any atom is -0.395 e. The van der Waals surface area contributed by atoms with Crippen LogP contribution in [0.5, 0.6) is 0 Å². The average Bonchev–Trinajstić information content (AvgIpc) is 2.99. The fourth-order valence-electron chi connectivity index (χ4n) is 3.40. The summed E-state index contributed by atoms with van der Waals surface area (Å²) in [5.41, 5.74) is 1.45. The second kappa shape index (κ2) is 6.94. The van der Waals surface area contributed by atoms with E-state index in [-0.39, 0.29) is 6.61 Å². The van der Waals surface area contributed by atoms with Crippen molar-refractivity contribution in [3.05, 3.63) is 29.8 Å². The fourth-order valence-corrected chi connectivity index (χ4v) is 4.51. The normalized spacial score (nSPS) is 25.9. The van der Waals surface area contributed by atoms with Crippen LogP contribution in [0.4, 0.5) is 0 Å². The van der Waals surface area contributed by atoms with Crippen molar-refractivity contribution in [2.75, 3.05) is 32.0 Å². The fraction of sp³-hybridized carbons (Fsp3) is 0.625. The van der Waals surface area contributed by atoms with E-state index in [0.29, 0.717) is 12.1 Å². The SMILES string of the molecule is OCCN(CC1CCCN1)C1CCSc2ccccc21. The smallest absolute Gasteiger partial charge is 0.0558 e. The molecule has 2 aliphatic heterocycles. The summed E-state index contributed by atoms with van der Waals surface area (Å²) in [6, 6.07) is 9.84. The topological polar surface area (TPSA) is 35.5 Å². The summed E-state index contributed by atoms with van der Waals surface area (Å²) in [5.74, 6) is 1.18. The third-order valence-corrected chi connectivity index (χ3v) is 5.49. The van der Waals surface area contributed by atoms with Crippen molar-refractivity contribution < 1.29 is 5.11 Å². The first kappa shape index (κ1) is 14.4. The Labute approximate surface area is 125 Å². The van der Waals surface area contributed by atoms with Gasteiger partial charge in [0.2, 0.25) is 0 Å². The first-order valence-electron chi connectivity index (χ1n) is 7.68. The van der Waals surface area contributed by atoms with Crippen molar-refractivity contribution in [1.82, 2.24) is 10.2 Å². The van der Waals surface area contributed by atoms with Crippen LogP contribution in [0.2, 0.25) is 0 Å². The number of thioether (sulfide) groups is 1. The quantitative estimate of drug-likeness (QED) is 0.873. The molecule has 20 heavy (non-hydrogen) atoms. The summed E-state index contributed by atoms with van der Waals surface area (Å²) in [5, 5.41) is 13.0. The van der Waals surface area contributed by atoms with Gasteiger partial charge in [-0.15, -0.1) is 11.8 Å². The summed E-state index contributed by atoms with van der Waals surface area (Å²) in [7, 11) is 0. The van der Waals surface area contributed by atoms with Crippen LogP contribution in [-0.4, -0.2) is 48.0 Å². The summed E-state index contributed by atoms with van der Waals surface area (Å²) >= 11 is 1.97. The van der Waals surface area contributed by atoms with Gasteiger partial charge in [0.15, 0.2) is 0 Å². The largest absolute Gasteiger partial charge is 0.395 e. The molecule has 1 aromatic rings. The molecular weight excluding hydrogens is 268 g/mol. The second-order valence-electron chi connectivity index (χ2n) is 5.70. The highest BCUT2D eigenvalue weighted by Gasteiger charge is 2.28. The molecule has 0 amide bonds. The number of hydrogen-bond donors (Lipinski definition) is 2. The van der Waals surface area contributed by atoms with E-state index in [2.05, 4.69) is 34.5 Å². The van der Waals surface area contributed by atoms with Crippen LogP contribution in [0.1, 0.15) is 30.9 Å². The Morgan fingerprint density at radius 3 is 3.00 bits per heavy atom. The van der Waals surface area contributed by atoms with Gasteiger partial charge in [-0.05, 0) is 43.2 Å². The van der Waals surface area contributed by atoms with E-state index in [1.165, 1.54) is 35.5 Å². The van der Waals surface area contributed by atoms with Crippen molar-refractivity contribution in [2.24, 2.45) is 0 Å². The molecule has 0 bridgehead atoms. The van der Waals surface area contributed by atoms with Crippen LogP contribution in [0.25, 0.3) is 0 Å². The molecule has 1 aromatic carbocycles. The molecule has 1 fully saturated rings. The molecule has 0 saturated carbocycles. The van der Waals surface area contributed by atoms with Crippen LogP contribution < -0.4 is 5.32 Å². The molecule has 0 aromatic heterocycles. The summed E-state index contributed by atoms with van der Waals surface area (Å²) in [4.78, 5) is 3.91. The second-order valence-corrected chi connectivity index (χ2v) is 6.84. The molecule has 0 aliphatic carbocycles. The molecule has 2 heterocycles. The van der Waals surface area contributed by atoms with Crippen LogP contribution in [0.3, 0.4) is 0 Å². The van der Waals surface area contributed by atoms with E-state index in [9.17, 15) is 5.11 Å². The number of nitrogens with zero attached hydrogens (tertiary/aromatic N) is 1. The van der Waals surface area contributed by atoms with Gasteiger partial charge < -0.3 is 10.4 Å². The third kappa shape index (κ3) is 3.19. The first-order valence-corrected chi connectivity index (χ1v) is 8.67. The monoisotopic (exact) mass is 292 g/mol. The van der Waals surface area contributed by atoms with Gasteiger partial charge in [0.25, 0.3) is 0 Å². The van der Waals surface area contributed by atoms with Crippen molar-refractivity contribution in [3.8, 4) is 0 Å². The number of fused-ring (bicyclic) bond motifs is 1. The molecule has 0 spiro atoms. The van der Waals surface area contributed by atoms with Crippen LogP contribution in [0, 0.1) is 0 Å². The number of nitrogens with one attached hydrogen (secondary N) is 1. The predicted molar refractivity (Wildman–Crippen MR) is 84.2 cm³/mol. The van der Waals surface area contributed by atoms with E-state index in [1.807, 2.05) is 11.8 Å². The Kier molecular flexibility index (Phi) is 4.99. The van der Waals surface area contributed by atoms with E-state index in [1.54, 1.807) is 0 Å². The van der Waals surface area contributed by atoms with Gasteiger partial charge in [-0.3, -0.25) is 4.90 Å². The Hall–Kier alpha value is -0.550. The van der Waals surface area contributed by atoms with E-state index in [4.69, 9.17) is 0 Å². The van der Waals surface area contributed by atoms with Crippen molar-refractivity contribution in [1.29, 1.82) is 0 Å². The number of hydrogen-bond acceptors (Lipinski definition) is 4. The van der Waals surface area contributed by atoms with Gasteiger partial charge in [0, 0.05) is 30.1 Å². The number of aliphatic hydroxyl groups excluding tert-OH is 1. The Bertz CT molecular complexity index is 434. The maximum absolute atomic E-state index is 9.42. The van der Waals surface area contributed by atoms with Gasteiger partial charge >= 0.3 is 0 Å². The molecule has 2 unspecified atom stereocenters. The standard InChI is InChI=1S/C16H24N2OS/c19-10-9-18(12-13-4-3-8-17-13)15-7-11-20-16-6-2-1-5-14(15)16/h1-2,5-6,13,15,17,19H,3-4,7-12H2. The van der Waals surface area contributed by atoms with E-state index < -0.39 is 0 Å². The predicted octanol–water partition coefficient (Wildman–Crippen LogP) is 2.27. The molecule has 4 heteroatoms. The molecule has 1 saturated heterocycles. The van der Waals surface area contributed by atoms with Gasteiger partial charge in [-0.25, -0.2) is 0 Å². The lowest BCUT2D eigenvalue weighted by Gasteiger charge is -2.36. The average molecular weight is 292 g/mol. The third-order valence-electron chi connectivity index (χ3n) is 4.37. The number of aliphatic hydroxyl groups is 1. The first-order chi connectivity index (χ1) is 9.88. The van der Waals surface area contributed by atoms with Gasteiger partial charge in [0.1, 0.15) is 0 Å². The van der Waals surface area contributed by atoms with Gasteiger partial charge in [-0.2, -0.15) is 0 Å². The van der Waals surface area contributed by atoms with Crippen molar-refractivity contribution in [3.63, 3.8) is 0 Å². The van der Waals surface area contributed by atoms with Crippen LogP contribution >= 0.6 is 11.8 Å². The zero-order chi connectivity index (χ0) is 13.8. The highest BCUT2D eigenvalue weighted by Crippen LogP contribution is 2.39. The molecule has 3 nitrogen and oxygen atoms in total. The minimum atomic E-state index is 0.249. The molecule has 110 valence electrons. The molecule has 2 N–H and O–H groups in total. The lowest BCUT2D eigenvalue weighted by atomic mass is 10.0. The van der Waals surface area contributed by atoms with Crippen LogP contribution in [0.15, 0.2) is 29.2 Å². The molecule has 0 radical (unpaired) electrons. The maximum Gasteiger partial charge on any atom is 0.0558 e. The lowest BCUT2D eigenvalue weighted by molar-refractivity contribution is 0.134. The van der Waals surface area contributed by atoms with Gasteiger partial charge in [0.05, 0.1) is 6.61 Å². The summed E-state index contributed by atoms with van der Waals surface area (Å²) in [6.07, 6.45) is 3.74. The minimum absolute atomic E-state index is 0.249. The molecule has 3 rings (SSSR count). The van der Waals surface area contributed by atoms with E-state index in [0.717, 1.165) is 19.6 Å². The maximum atomic E-state index is 9.42. The highest BCUT2D eigenvalue weighted by molar-refractivity contribution is 7.99. The lowest BCUT2D eigenvalue weighted by Crippen LogP contribution is -2.42. The van der Waals surface area contributed by atoms with Crippen LogP contribution in [-0.2, 0) is 0 Å². The molecule has 2 aliphatic rings. The summed E-state index contributed by atoms with van der Waals surface area (Å²) in [6.45, 7) is 3.24.